The van der Waals surface area contributed by atoms with Crippen molar-refractivity contribution < 1.29 is 0 Å². The molecule has 0 aliphatic rings. The molecule has 0 saturated carbocycles. The Morgan fingerprint density at radius 2 is 2.10 bits per heavy atom. The van der Waals surface area contributed by atoms with Crippen molar-refractivity contribution >= 4 is 27.5 Å². The quantitative estimate of drug-likeness (QED) is 0.878. The van der Waals surface area contributed by atoms with E-state index in [1.165, 1.54) is 0 Å². The van der Waals surface area contributed by atoms with Crippen molar-refractivity contribution in [2.75, 3.05) is 20.6 Å². The molecule has 2 N–H and O–H groups in total. The van der Waals surface area contributed by atoms with Crippen LogP contribution < -0.4 is 5.73 Å². The molecular formula is C15H20BrClN4. The fourth-order valence-corrected chi connectivity index (χ4v) is 3.10. The molecule has 21 heavy (non-hydrogen) atoms. The predicted octanol–water partition coefficient (Wildman–Crippen LogP) is 3.22. The first-order valence-corrected chi connectivity index (χ1v) is 7.94. The third kappa shape index (κ3) is 4.07. The zero-order valence-electron chi connectivity index (χ0n) is 12.5. The number of rotatable bonds is 5. The second kappa shape index (κ2) is 6.92. The summed E-state index contributed by atoms with van der Waals surface area (Å²) in [6.07, 6.45) is 1.79. The summed E-state index contributed by atoms with van der Waals surface area (Å²) in [7, 11) is 4.08. The number of nitrogens with two attached hydrogens (primary N) is 1. The molecule has 1 aromatic carbocycles. The van der Waals surface area contributed by atoms with Gasteiger partial charge in [0.25, 0.3) is 0 Å². The highest BCUT2D eigenvalue weighted by molar-refractivity contribution is 9.10. The van der Waals surface area contributed by atoms with Crippen LogP contribution in [0.3, 0.4) is 0 Å². The number of aromatic nitrogens is 2. The number of halogens is 2. The van der Waals surface area contributed by atoms with Crippen LogP contribution in [0.2, 0.25) is 5.02 Å². The Balaban J connectivity index is 2.33. The molecule has 0 bridgehead atoms. The maximum Gasteiger partial charge on any atom is 0.0739 e. The lowest BCUT2D eigenvalue weighted by Crippen LogP contribution is -2.23. The van der Waals surface area contributed by atoms with Gasteiger partial charge < -0.3 is 10.6 Å². The highest BCUT2D eigenvalue weighted by Gasteiger charge is 2.19. The Labute approximate surface area is 139 Å². The number of hydrogen-bond acceptors (Lipinski definition) is 3. The van der Waals surface area contributed by atoms with Gasteiger partial charge in [-0.05, 0) is 60.2 Å². The van der Waals surface area contributed by atoms with Crippen LogP contribution in [0.1, 0.15) is 22.9 Å². The molecule has 0 spiro atoms. The van der Waals surface area contributed by atoms with E-state index in [4.69, 9.17) is 17.3 Å². The van der Waals surface area contributed by atoms with E-state index in [0.29, 0.717) is 5.02 Å². The van der Waals surface area contributed by atoms with Crippen LogP contribution in [0, 0.1) is 6.92 Å². The first-order valence-electron chi connectivity index (χ1n) is 6.77. The van der Waals surface area contributed by atoms with Crippen LogP contribution in [-0.2, 0) is 6.54 Å². The normalized spacial score (nSPS) is 12.9. The second-order valence-electron chi connectivity index (χ2n) is 5.44. The van der Waals surface area contributed by atoms with E-state index in [1.807, 2.05) is 37.8 Å². The minimum Gasteiger partial charge on any atom is -0.319 e. The third-order valence-corrected chi connectivity index (χ3v) is 4.14. The molecule has 0 radical (unpaired) electrons. The van der Waals surface area contributed by atoms with Gasteiger partial charge >= 0.3 is 0 Å². The lowest BCUT2D eigenvalue weighted by atomic mass is 10.0. The van der Waals surface area contributed by atoms with Crippen molar-refractivity contribution in [2.24, 2.45) is 5.73 Å². The molecule has 0 fully saturated rings. The van der Waals surface area contributed by atoms with E-state index < -0.39 is 0 Å². The number of benzene rings is 1. The molecule has 0 aliphatic carbocycles. The molecule has 114 valence electrons. The Morgan fingerprint density at radius 3 is 2.71 bits per heavy atom. The molecule has 0 amide bonds. The first kappa shape index (κ1) is 16.5. The topological polar surface area (TPSA) is 47.1 Å². The minimum atomic E-state index is -0.263. The van der Waals surface area contributed by atoms with Crippen LogP contribution in [0.15, 0.2) is 28.9 Å². The Kier molecular flexibility index (Phi) is 5.43. The summed E-state index contributed by atoms with van der Waals surface area (Å²) < 4.78 is 2.87. The molecule has 0 saturated heterocycles. The average molecular weight is 372 g/mol. The zero-order valence-corrected chi connectivity index (χ0v) is 14.8. The van der Waals surface area contributed by atoms with Crippen LogP contribution in [0.5, 0.6) is 0 Å². The van der Waals surface area contributed by atoms with Gasteiger partial charge in [0.1, 0.15) is 0 Å². The monoisotopic (exact) mass is 370 g/mol. The van der Waals surface area contributed by atoms with Crippen molar-refractivity contribution in [3.63, 3.8) is 0 Å². The van der Waals surface area contributed by atoms with Crippen LogP contribution in [0.25, 0.3) is 0 Å². The summed E-state index contributed by atoms with van der Waals surface area (Å²) in [4.78, 5) is 2.12. The second-order valence-corrected chi connectivity index (χ2v) is 6.73. The van der Waals surface area contributed by atoms with Gasteiger partial charge in [0.2, 0.25) is 0 Å². The predicted molar refractivity (Wildman–Crippen MR) is 90.7 cm³/mol. The SMILES string of the molecule is Cc1cc(Cl)cc(C(N)c2c(Br)cnn2CCN(C)C)c1. The van der Waals surface area contributed by atoms with Crippen molar-refractivity contribution in [3.8, 4) is 0 Å². The fourth-order valence-electron chi connectivity index (χ4n) is 2.26. The Hall–Kier alpha value is -0.880. The van der Waals surface area contributed by atoms with Crippen LogP contribution in [-0.4, -0.2) is 35.3 Å². The summed E-state index contributed by atoms with van der Waals surface area (Å²) in [6.45, 7) is 3.71. The molecule has 1 unspecified atom stereocenters. The maximum absolute atomic E-state index is 6.44. The zero-order chi connectivity index (χ0) is 15.6. The highest BCUT2D eigenvalue weighted by Crippen LogP contribution is 2.29. The molecule has 1 aromatic heterocycles. The van der Waals surface area contributed by atoms with E-state index >= 15 is 0 Å². The third-order valence-electron chi connectivity index (χ3n) is 3.31. The van der Waals surface area contributed by atoms with Gasteiger partial charge in [-0.1, -0.05) is 17.7 Å². The van der Waals surface area contributed by atoms with Gasteiger partial charge in [-0.2, -0.15) is 5.10 Å². The standard InChI is InChI=1S/C15H20BrClN4/c1-10-6-11(8-12(17)7-10)14(18)15-13(16)9-19-21(15)5-4-20(2)3/h6-9,14H,4-5,18H2,1-3H3. The van der Waals surface area contributed by atoms with E-state index in [1.54, 1.807) is 6.20 Å². The molecule has 2 aromatic rings. The summed E-state index contributed by atoms with van der Waals surface area (Å²) in [5, 5.41) is 5.11. The molecule has 1 atom stereocenters. The lowest BCUT2D eigenvalue weighted by Gasteiger charge is -2.18. The molecule has 2 rings (SSSR count). The Morgan fingerprint density at radius 1 is 1.38 bits per heavy atom. The van der Waals surface area contributed by atoms with Crippen molar-refractivity contribution in [1.29, 1.82) is 0 Å². The van der Waals surface area contributed by atoms with E-state index in [9.17, 15) is 0 Å². The maximum atomic E-state index is 6.44. The molecular weight excluding hydrogens is 352 g/mol. The summed E-state index contributed by atoms with van der Waals surface area (Å²) in [5.41, 5.74) is 9.51. The number of aryl methyl sites for hydroxylation is 1. The van der Waals surface area contributed by atoms with E-state index in [2.05, 4.69) is 32.0 Å². The summed E-state index contributed by atoms with van der Waals surface area (Å²) >= 11 is 9.69. The van der Waals surface area contributed by atoms with E-state index in [0.717, 1.165) is 34.4 Å². The van der Waals surface area contributed by atoms with Crippen LogP contribution in [0.4, 0.5) is 0 Å². The van der Waals surface area contributed by atoms with Gasteiger partial charge in [0.05, 0.1) is 29.0 Å². The molecule has 1 heterocycles. The van der Waals surface area contributed by atoms with Crippen molar-refractivity contribution in [3.05, 3.63) is 50.7 Å². The summed E-state index contributed by atoms with van der Waals surface area (Å²) in [6, 6.07) is 5.64. The fraction of sp³-hybridized carbons (Fsp3) is 0.400. The molecule has 4 nitrogen and oxygen atoms in total. The van der Waals surface area contributed by atoms with Crippen molar-refractivity contribution in [2.45, 2.75) is 19.5 Å². The van der Waals surface area contributed by atoms with Gasteiger partial charge in [-0.15, -0.1) is 0 Å². The Bertz CT molecular complexity index is 604. The summed E-state index contributed by atoms with van der Waals surface area (Å²) in [5.74, 6) is 0. The smallest absolute Gasteiger partial charge is 0.0739 e. The molecule has 6 heteroatoms. The number of nitrogens with zero attached hydrogens (tertiary/aromatic N) is 3. The van der Waals surface area contributed by atoms with Crippen molar-refractivity contribution in [1.82, 2.24) is 14.7 Å². The van der Waals surface area contributed by atoms with Gasteiger partial charge in [-0.3, -0.25) is 4.68 Å². The number of hydrogen-bond donors (Lipinski definition) is 1. The average Bonchev–Trinajstić information content (AvgIpc) is 2.75. The van der Waals surface area contributed by atoms with Gasteiger partial charge in [-0.25, -0.2) is 0 Å². The highest BCUT2D eigenvalue weighted by atomic mass is 79.9. The van der Waals surface area contributed by atoms with Crippen LogP contribution >= 0.6 is 27.5 Å². The van der Waals surface area contributed by atoms with E-state index in [-0.39, 0.29) is 6.04 Å². The molecule has 0 aliphatic heterocycles. The minimum absolute atomic E-state index is 0.263. The van der Waals surface area contributed by atoms with Gasteiger partial charge in [0.15, 0.2) is 0 Å². The first-order chi connectivity index (χ1) is 9.88. The largest absolute Gasteiger partial charge is 0.319 e. The lowest BCUT2D eigenvalue weighted by molar-refractivity contribution is 0.368. The van der Waals surface area contributed by atoms with Gasteiger partial charge in [0, 0.05) is 11.6 Å². The number of likely N-dealkylation sites (N-methyl/N-ethyl adjacent to an activating group) is 1.